The number of benzene rings is 1. The summed E-state index contributed by atoms with van der Waals surface area (Å²) in [6.07, 6.45) is 2.48. The molecule has 1 aliphatic heterocycles. The molecule has 3 heterocycles. The fraction of sp³-hybridized carbons (Fsp3) is 0.316. The normalized spacial score (nSPS) is 19.5. The zero-order valence-electron chi connectivity index (χ0n) is 15.4. The number of amides is 1. The van der Waals surface area contributed by atoms with E-state index in [0.717, 1.165) is 34.6 Å². The van der Waals surface area contributed by atoms with E-state index in [0.29, 0.717) is 17.2 Å². The number of anilines is 1. The van der Waals surface area contributed by atoms with Gasteiger partial charge in [0, 0.05) is 22.7 Å². The molecule has 1 fully saturated rings. The summed E-state index contributed by atoms with van der Waals surface area (Å²) in [6, 6.07) is 7.75. The van der Waals surface area contributed by atoms with Gasteiger partial charge >= 0.3 is 0 Å². The molecular weight excluding hydrogens is 376 g/mol. The molecule has 0 spiro atoms. The molecule has 28 heavy (non-hydrogen) atoms. The molecular formula is C19H22N6O2S. The van der Waals surface area contributed by atoms with Gasteiger partial charge in [-0.15, -0.1) is 0 Å². The van der Waals surface area contributed by atoms with E-state index in [9.17, 15) is 4.79 Å². The van der Waals surface area contributed by atoms with Gasteiger partial charge in [0.15, 0.2) is 5.69 Å². The molecule has 1 aliphatic rings. The van der Waals surface area contributed by atoms with E-state index in [1.54, 1.807) is 7.11 Å². The fourth-order valence-corrected chi connectivity index (χ4v) is 4.48. The van der Waals surface area contributed by atoms with Gasteiger partial charge in [-0.05, 0) is 36.4 Å². The Hall–Kier alpha value is -2.78. The van der Waals surface area contributed by atoms with E-state index in [4.69, 9.17) is 16.2 Å². The SMILES string of the molecule is COc1ccc2[nH]c(-c3nc(N[C@@H]4CSCC[C@@H]4N)cnc3C(N)=O)cc2c1. The van der Waals surface area contributed by atoms with Gasteiger partial charge in [0.05, 0.1) is 25.0 Å². The second-order valence-electron chi connectivity index (χ2n) is 6.73. The lowest BCUT2D eigenvalue weighted by Crippen LogP contribution is -2.45. The summed E-state index contributed by atoms with van der Waals surface area (Å²) in [4.78, 5) is 24.1. The van der Waals surface area contributed by atoms with E-state index >= 15 is 0 Å². The Morgan fingerprint density at radius 2 is 2.25 bits per heavy atom. The number of ether oxygens (including phenoxy) is 1. The molecule has 0 aliphatic carbocycles. The van der Waals surface area contributed by atoms with E-state index in [-0.39, 0.29) is 17.8 Å². The van der Waals surface area contributed by atoms with Crippen LogP contribution >= 0.6 is 11.8 Å². The van der Waals surface area contributed by atoms with Gasteiger partial charge in [0.25, 0.3) is 5.91 Å². The zero-order chi connectivity index (χ0) is 19.7. The Bertz CT molecular complexity index is 1020. The smallest absolute Gasteiger partial charge is 0.269 e. The number of H-pyrrole nitrogens is 1. The number of hydrogen-bond acceptors (Lipinski definition) is 7. The molecule has 146 valence electrons. The molecule has 6 N–H and O–H groups in total. The van der Waals surface area contributed by atoms with Gasteiger partial charge in [-0.1, -0.05) is 0 Å². The third-order valence-corrected chi connectivity index (χ3v) is 5.95. The summed E-state index contributed by atoms with van der Waals surface area (Å²) in [6.45, 7) is 0. The molecule has 0 unspecified atom stereocenters. The van der Waals surface area contributed by atoms with Crippen LogP contribution in [-0.2, 0) is 0 Å². The maximum atomic E-state index is 11.9. The lowest BCUT2D eigenvalue weighted by atomic mass is 10.1. The van der Waals surface area contributed by atoms with Crippen LogP contribution in [0, 0.1) is 0 Å². The van der Waals surface area contributed by atoms with Crippen molar-refractivity contribution in [3.05, 3.63) is 36.2 Å². The number of primary amides is 1. The van der Waals surface area contributed by atoms with Crippen molar-refractivity contribution in [3.63, 3.8) is 0 Å². The van der Waals surface area contributed by atoms with Crippen LogP contribution in [0.4, 0.5) is 5.82 Å². The number of hydrogen-bond donors (Lipinski definition) is 4. The molecule has 1 saturated heterocycles. The van der Waals surface area contributed by atoms with Gasteiger partial charge in [0.1, 0.15) is 17.3 Å². The summed E-state index contributed by atoms with van der Waals surface area (Å²) >= 11 is 1.86. The van der Waals surface area contributed by atoms with E-state index < -0.39 is 5.91 Å². The second-order valence-corrected chi connectivity index (χ2v) is 7.88. The molecule has 0 saturated carbocycles. The molecule has 4 rings (SSSR count). The number of fused-ring (bicyclic) bond motifs is 1. The van der Waals surface area contributed by atoms with Crippen LogP contribution in [0.25, 0.3) is 22.3 Å². The third-order valence-electron chi connectivity index (χ3n) is 4.83. The molecule has 8 nitrogen and oxygen atoms in total. The topological polar surface area (TPSA) is 132 Å². The number of nitrogens with zero attached hydrogens (tertiary/aromatic N) is 2. The average molecular weight is 398 g/mol. The molecule has 0 radical (unpaired) electrons. The van der Waals surface area contributed by atoms with Crippen LogP contribution in [0.5, 0.6) is 5.75 Å². The second kappa shape index (κ2) is 7.69. The predicted octanol–water partition coefficient (Wildman–Crippen LogP) is 1.98. The number of aromatic nitrogens is 3. The Morgan fingerprint density at radius 3 is 3.00 bits per heavy atom. The van der Waals surface area contributed by atoms with Crippen LogP contribution in [-0.4, -0.2) is 51.6 Å². The summed E-state index contributed by atoms with van der Waals surface area (Å²) in [7, 11) is 1.62. The maximum absolute atomic E-state index is 11.9. The minimum Gasteiger partial charge on any atom is -0.497 e. The molecule has 9 heteroatoms. The van der Waals surface area contributed by atoms with Gasteiger partial charge in [0.2, 0.25) is 0 Å². The first-order valence-electron chi connectivity index (χ1n) is 8.99. The first-order chi connectivity index (χ1) is 13.5. The Balaban J connectivity index is 1.72. The highest BCUT2D eigenvalue weighted by atomic mass is 32.2. The number of carbonyl (C=O) groups is 1. The number of carbonyl (C=O) groups excluding carboxylic acids is 1. The number of rotatable bonds is 5. The van der Waals surface area contributed by atoms with E-state index in [1.807, 2.05) is 36.0 Å². The molecule has 3 aromatic rings. The standard InChI is InChI=1S/C19H22N6O2S/c1-27-11-2-3-13-10(6-11)7-14(23-13)17-18(19(21)26)22-8-16(25-17)24-15-9-28-5-4-12(15)20/h2-3,6-8,12,15,23H,4-5,9,20H2,1H3,(H2,21,26)(H,24,25)/t12-,15+/m0/s1. The highest BCUT2D eigenvalue weighted by Crippen LogP contribution is 2.28. The summed E-state index contributed by atoms with van der Waals surface area (Å²) in [5, 5.41) is 4.29. The average Bonchev–Trinajstić information content (AvgIpc) is 3.12. The number of thioether (sulfide) groups is 1. The van der Waals surface area contributed by atoms with Crippen molar-refractivity contribution in [1.29, 1.82) is 0 Å². The fourth-order valence-electron chi connectivity index (χ4n) is 3.29. The largest absolute Gasteiger partial charge is 0.497 e. The van der Waals surface area contributed by atoms with Gasteiger partial charge in [-0.25, -0.2) is 9.97 Å². The van der Waals surface area contributed by atoms with Gasteiger partial charge < -0.3 is 26.5 Å². The summed E-state index contributed by atoms with van der Waals surface area (Å²) < 4.78 is 5.27. The van der Waals surface area contributed by atoms with Crippen LogP contribution in [0.3, 0.4) is 0 Å². The maximum Gasteiger partial charge on any atom is 0.269 e. The van der Waals surface area contributed by atoms with Crippen LogP contribution in [0.1, 0.15) is 16.9 Å². The van der Waals surface area contributed by atoms with Crippen LogP contribution < -0.4 is 21.5 Å². The molecule has 1 aromatic carbocycles. The minimum atomic E-state index is -0.629. The number of nitrogens with one attached hydrogen (secondary N) is 2. The summed E-state index contributed by atoms with van der Waals surface area (Å²) in [5.74, 6) is 2.66. The van der Waals surface area contributed by atoms with Gasteiger partial charge in [-0.3, -0.25) is 4.79 Å². The van der Waals surface area contributed by atoms with Crippen LogP contribution in [0.2, 0.25) is 0 Å². The predicted molar refractivity (Wildman–Crippen MR) is 112 cm³/mol. The van der Waals surface area contributed by atoms with Crippen molar-refractivity contribution in [2.75, 3.05) is 23.9 Å². The highest BCUT2D eigenvalue weighted by Gasteiger charge is 2.23. The third kappa shape index (κ3) is 3.63. The monoisotopic (exact) mass is 398 g/mol. The summed E-state index contributed by atoms with van der Waals surface area (Å²) in [5.41, 5.74) is 13.8. The molecule has 0 bridgehead atoms. The zero-order valence-corrected chi connectivity index (χ0v) is 16.3. The Labute approximate surface area is 166 Å². The lowest BCUT2D eigenvalue weighted by Gasteiger charge is -2.29. The van der Waals surface area contributed by atoms with E-state index in [2.05, 4.69) is 20.3 Å². The number of aromatic amines is 1. The van der Waals surface area contributed by atoms with Crippen molar-refractivity contribution < 1.29 is 9.53 Å². The van der Waals surface area contributed by atoms with Gasteiger partial charge in [-0.2, -0.15) is 11.8 Å². The minimum absolute atomic E-state index is 0.0582. The number of methoxy groups -OCH3 is 1. The Morgan fingerprint density at radius 1 is 1.39 bits per heavy atom. The Kier molecular flexibility index (Phi) is 5.10. The van der Waals surface area contributed by atoms with Crippen molar-refractivity contribution in [2.45, 2.75) is 18.5 Å². The van der Waals surface area contributed by atoms with Crippen molar-refractivity contribution in [2.24, 2.45) is 11.5 Å². The molecule has 2 atom stereocenters. The molecule has 1 amide bonds. The number of nitrogens with two attached hydrogens (primary N) is 2. The van der Waals surface area contributed by atoms with Crippen molar-refractivity contribution in [1.82, 2.24) is 15.0 Å². The molecule has 2 aromatic heterocycles. The highest BCUT2D eigenvalue weighted by molar-refractivity contribution is 7.99. The lowest BCUT2D eigenvalue weighted by molar-refractivity contribution is 0.0996. The quantitative estimate of drug-likeness (QED) is 0.516. The van der Waals surface area contributed by atoms with Crippen LogP contribution in [0.15, 0.2) is 30.5 Å². The van der Waals surface area contributed by atoms with E-state index in [1.165, 1.54) is 6.20 Å². The first kappa shape index (κ1) is 18.6. The van der Waals surface area contributed by atoms with Crippen molar-refractivity contribution >= 4 is 34.4 Å². The first-order valence-corrected chi connectivity index (χ1v) is 10.1. The van der Waals surface area contributed by atoms with Crippen molar-refractivity contribution in [3.8, 4) is 17.1 Å².